The van der Waals surface area contributed by atoms with Crippen LogP contribution < -0.4 is 10.2 Å². The highest BCUT2D eigenvalue weighted by atomic mass is 16.5. The Labute approximate surface area is 169 Å². The van der Waals surface area contributed by atoms with Gasteiger partial charge in [-0.05, 0) is 55.9 Å². The number of hydrogen-bond acceptors (Lipinski definition) is 4. The molecule has 5 heteroatoms. The van der Waals surface area contributed by atoms with Gasteiger partial charge in [0.1, 0.15) is 0 Å². The van der Waals surface area contributed by atoms with Crippen LogP contribution in [0.2, 0.25) is 0 Å². The highest BCUT2D eigenvalue weighted by Crippen LogP contribution is 2.25. The second kappa shape index (κ2) is 9.75. The van der Waals surface area contributed by atoms with Gasteiger partial charge in [-0.2, -0.15) is 0 Å². The molecule has 1 saturated carbocycles. The third-order valence-electron chi connectivity index (χ3n) is 6.67. The molecular weight excluding hydrogens is 350 g/mol. The Kier molecular flexibility index (Phi) is 6.86. The highest BCUT2D eigenvalue weighted by Gasteiger charge is 2.24. The summed E-state index contributed by atoms with van der Waals surface area (Å²) in [5.41, 5.74) is 1.94. The molecule has 154 valence electrons. The van der Waals surface area contributed by atoms with Gasteiger partial charge in [0.25, 0.3) is 5.91 Å². The number of amides is 1. The van der Waals surface area contributed by atoms with Gasteiger partial charge in [-0.3, -0.25) is 4.79 Å². The largest absolute Gasteiger partial charge is 0.378 e. The average Bonchev–Trinajstić information content (AvgIpc) is 2.76. The van der Waals surface area contributed by atoms with E-state index in [9.17, 15) is 4.79 Å². The van der Waals surface area contributed by atoms with E-state index >= 15 is 0 Å². The van der Waals surface area contributed by atoms with Crippen LogP contribution in [-0.4, -0.2) is 62.8 Å². The number of ether oxygens (including phenoxy) is 1. The minimum absolute atomic E-state index is 0.0688. The molecule has 2 aliphatic heterocycles. The fourth-order valence-corrected chi connectivity index (χ4v) is 4.91. The van der Waals surface area contributed by atoms with E-state index in [4.69, 9.17) is 4.74 Å². The number of carbonyl (C=O) groups excluding carboxylic acids is 1. The van der Waals surface area contributed by atoms with Crippen molar-refractivity contribution in [3.63, 3.8) is 0 Å². The Morgan fingerprint density at radius 1 is 0.929 bits per heavy atom. The van der Waals surface area contributed by atoms with E-state index in [1.54, 1.807) is 0 Å². The molecule has 0 radical (unpaired) electrons. The summed E-state index contributed by atoms with van der Waals surface area (Å²) >= 11 is 0. The van der Waals surface area contributed by atoms with E-state index in [1.807, 2.05) is 12.1 Å². The summed E-state index contributed by atoms with van der Waals surface area (Å²) in [7, 11) is 0. The molecule has 0 bridgehead atoms. The molecule has 0 aromatic heterocycles. The first kappa shape index (κ1) is 19.7. The molecular formula is C23H35N3O2. The van der Waals surface area contributed by atoms with E-state index < -0.39 is 0 Å². The van der Waals surface area contributed by atoms with Gasteiger partial charge in [-0.1, -0.05) is 19.3 Å². The van der Waals surface area contributed by atoms with E-state index in [0.29, 0.717) is 6.04 Å². The number of rotatable bonds is 5. The zero-order valence-electron chi connectivity index (χ0n) is 17.1. The maximum absolute atomic E-state index is 12.6. The summed E-state index contributed by atoms with van der Waals surface area (Å²) in [6.07, 6.45) is 9.24. The number of piperidine rings is 1. The first-order chi connectivity index (χ1) is 13.8. The van der Waals surface area contributed by atoms with Gasteiger partial charge in [-0.15, -0.1) is 0 Å². The van der Waals surface area contributed by atoms with Crippen LogP contribution in [0, 0.1) is 5.92 Å². The number of hydrogen-bond donors (Lipinski definition) is 1. The molecule has 2 heterocycles. The molecule has 0 spiro atoms. The van der Waals surface area contributed by atoms with Crippen molar-refractivity contribution in [1.29, 1.82) is 0 Å². The minimum Gasteiger partial charge on any atom is -0.378 e. The number of anilines is 1. The molecule has 0 atom stereocenters. The van der Waals surface area contributed by atoms with Crippen LogP contribution >= 0.6 is 0 Å². The van der Waals surface area contributed by atoms with E-state index in [0.717, 1.165) is 63.7 Å². The number of benzene rings is 1. The fourth-order valence-electron chi connectivity index (χ4n) is 4.91. The van der Waals surface area contributed by atoms with Crippen molar-refractivity contribution < 1.29 is 9.53 Å². The van der Waals surface area contributed by atoms with Crippen LogP contribution in [0.5, 0.6) is 0 Å². The molecule has 0 unspecified atom stereocenters. The van der Waals surface area contributed by atoms with Gasteiger partial charge in [0.15, 0.2) is 0 Å². The Morgan fingerprint density at radius 3 is 2.29 bits per heavy atom. The minimum atomic E-state index is 0.0688. The van der Waals surface area contributed by atoms with E-state index in [1.165, 1.54) is 44.3 Å². The molecule has 1 aromatic carbocycles. The van der Waals surface area contributed by atoms with Crippen molar-refractivity contribution in [2.75, 3.05) is 50.8 Å². The standard InChI is InChI=1S/C23H35N3O2/c27-23(20-6-8-22(9-7-20)26-14-16-28-17-15-26)24-21-10-12-25(13-11-21)18-19-4-2-1-3-5-19/h6-9,19,21H,1-5,10-18H2,(H,24,27). The van der Waals surface area contributed by atoms with E-state index in [2.05, 4.69) is 27.2 Å². The number of morpholine rings is 1. The topological polar surface area (TPSA) is 44.8 Å². The summed E-state index contributed by atoms with van der Waals surface area (Å²) in [6, 6.07) is 8.35. The molecule has 1 N–H and O–H groups in total. The van der Waals surface area contributed by atoms with E-state index in [-0.39, 0.29) is 5.91 Å². The summed E-state index contributed by atoms with van der Waals surface area (Å²) < 4.78 is 5.41. The second-order valence-electron chi connectivity index (χ2n) is 8.70. The van der Waals surface area contributed by atoms with Crippen molar-refractivity contribution >= 4 is 11.6 Å². The smallest absolute Gasteiger partial charge is 0.251 e. The fraction of sp³-hybridized carbons (Fsp3) is 0.696. The Morgan fingerprint density at radius 2 is 1.61 bits per heavy atom. The number of carbonyl (C=O) groups is 1. The van der Waals surface area contributed by atoms with Crippen LogP contribution in [0.1, 0.15) is 55.3 Å². The lowest BCUT2D eigenvalue weighted by Crippen LogP contribution is -2.46. The lowest BCUT2D eigenvalue weighted by Gasteiger charge is -2.35. The summed E-state index contributed by atoms with van der Waals surface area (Å²) in [4.78, 5) is 17.6. The van der Waals surface area contributed by atoms with Gasteiger partial charge in [0.05, 0.1) is 13.2 Å². The van der Waals surface area contributed by atoms with Crippen LogP contribution in [-0.2, 0) is 4.74 Å². The van der Waals surface area contributed by atoms with Gasteiger partial charge >= 0.3 is 0 Å². The van der Waals surface area contributed by atoms with Gasteiger partial charge in [0.2, 0.25) is 0 Å². The first-order valence-electron chi connectivity index (χ1n) is 11.2. The van der Waals surface area contributed by atoms with Crippen molar-refractivity contribution in [2.24, 2.45) is 5.92 Å². The molecule has 28 heavy (non-hydrogen) atoms. The van der Waals surface area contributed by atoms with Crippen LogP contribution in [0.15, 0.2) is 24.3 Å². The van der Waals surface area contributed by atoms with Crippen molar-refractivity contribution in [3.05, 3.63) is 29.8 Å². The monoisotopic (exact) mass is 385 g/mol. The number of nitrogens with one attached hydrogen (secondary N) is 1. The Hall–Kier alpha value is -1.59. The summed E-state index contributed by atoms with van der Waals surface area (Å²) in [5, 5.41) is 3.26. The maximum Gasteiger partial charge on any atom is 0.251 e. The van der Waals surface area contributed by atoms with Crippen molar-refractivity contribution in [3.8, 4) is 0 Å². The maximum atomic E-state index is 12.6. The molecule has 1 amide bonds. The van der Waals surface area contributed by atoms with Crippen LogP contribution in [0.25, 0.3) is 0 Å². The molecule has 1 aromatic rings. The lowest BCUT2D eigenvalue weighted by atomic mass is 9.88. The quantitative estimate of drug-likeness (QED) is 0.845. The lowest BCUT2D eigenvalue weighted by molar-refractivity contribution is 0.0901. The summed E-state index contributed by atoms with van der Waals surface area (Å²) in [6.45, 7) is 6.91. The average molecular weight is 386 g/mol. The molecule has 2 saturated heterocycles. The Balaban J connectivity index is 1.22. The SMILES string of the molecule is O=C(NC1CCN(CC2CCCCC2)CC1)c1ccc(N2CCOCC2)cc1. The molecule has 1 aliphatic carbocycles. The van der Waals surface area contributed by atoms with Crippen LogP contribution in [0.4, 0.5) is 5.69 Å². The predicted octanol–water partition coefficient (Wildman–Crippen LogP) is 3.30. The van der Waals surface area contributed by atoms with Gasteiger partial charge < -0.3 is 19.9 Å². The third kappa shape index (κ3) is 5.26. The van der Waals surface area contributed by atoms with Crippen molar-refractivity contribution in [2.45, 2.75) is 51.0 Å². The molecule has 3 fully saturated rings. The zero-order valence-corrected chi connectivity index (χ0v) is 17.1. The normalized spacial score (nSPS) is 22.9. The third-order valence-corrected chi connectivity index (χ3v) is 6.67. The van der Waals surface area contributed by atoms with Crippen LogP contribution in [0.3, 0.4) is 0 Å². The second-order valence-corrected chi connectivity index (χ2v) is 8.70. The highest BCUT2D eigenvalue weighted by molar-refractivity contribution is 5.94. The summed E-state index contributed by atoms with van der Waals surface area (Å²) in [5.74, 6) is 0.976. The number of nitrogens with zero attached hydrogens (tertiary/aromatic N) is 2. The number of likely N-dealkylation sites (tertiary alicyclic amines) is 1. The molecule has 4 rings (SSSR count). The van der Waals surface area contributed by atoms with Gasteiger partial charge in [-0.25, -0.2) is 0 Å². The predicted molar refractivity (Wildman–Crippen MR) is 113 cm³/mol. The zero-order chi connectivity index (χ0) is 19.2. The van der Waals surface area contributed by atoms with Gasteiger partial charge in [0, 0.05) is 50.0 Å². The Bertz CT molecular complexity index is 613. The first-order valence-corrected chi connectivity index (χ1v) is 11.2. The van der Waals surface area contributed by atoms with Crippen molar-refractivity contribution in [1.82, 2.24) is 10.2 Å². The molecule has 3 aliphatic rings. The molecule has 5 nitrogen and oxygen atoms in total.